The zero-order valence-corrected chi connectivity index (χ0v) is 40.6. The number of allylic oxidation sites excluding steroid dienone is 4. The molecular weight excluding hydrogens is 751 g/mol. The van der Waals surface area contributed by atoms with Crippen molar-refractivity contribution in [2.45, 2.75) is 193 Å². The third-order valence-corrected chi connectivity index (χ3v) is 24.5. The summed E-state index contributed by atoms with van der Waals surface area (Å²) in [4.78, 5) is 15.4. The molecule has 0 aromatic heterocycles. The van der Waals surface area contributed by atoms with Gasteiger partial charge in [-0.2, -0.15) is 0 Å². The number of carbonyl (C=O) groups is 1. The Labute approximate surface area is 344 Å². The van der Waals surface area contributed by atoms with Crippen LogP contribution in [0.25, 0.3) is 0 Å². The van der Waals surface area contributed by atoms with Crippen molar-refractivity contribution in [3.05, 3.63) is 64.5 Å². The van der Waals surface area contributed by atoms with E-state index < -0.39 is 32.1 Å². The molecule has 3 aliphatic rings. The maximum Gasteiger partial charge on any atom is 0.250 e. The first-order valence-electron chi connectivity index (χ1n) is 21.4. The second-order valence-corrected chi connectivity index (χ2v) is 31.8. The first-order valence-corrected chi connectivity index (χ1v) is 28.7. The number of aryl methyl sites for hydroxylation is 1. The molecule has 2 bridgehead atoms. The fraction of sp³-hybridized carbons (Fsp3) is 0.717. The van der Waals surface area contributed by atoms with E-state index in [1.54, 1.807) is 12.1 Å². The second kappa shape index (κ2) is 17.8. The van der Waals surface area contributed by atoms with E-state index in [0.717, 1.165) is 41.7 Å². The molecule has 2 aliphatic heterocycles. The molecule has 6 atom stereocenters. The van der Waals surface area contributed by atoms with Crippen LogP contribution in [0.15, 0.2) is 63.8 Å². The molecule has 56 heavy (non-hydrogen) atoms. The van der Waals surface area contributed by atoms with Gasteiger partial charge >= 0.3 is 0 Å². The number of nitrogens with one attached hydrogen (secondary N) is 1. The molecule has 4 rings (SSSR count). The zero-order chi connectivity index (χ0) is 42.1. The molecule has 10 heteroatoms. The normalized spacial score (nSPS) is 29.8. The van der Waals surface area contributed by atoms with Gasteiger partial charge in [-0.25, -0.2) is 13.1 Å². The van der Waals surface area contributed by atoms with Crippen molar-refractivity contribution in [1.29, 1.82) is 0 Å². The van der Waals surface area contributed by atoms with Crippen LogP contribution in [-0.4, -0.2) is 55.7 Å². The van der Waals surface area contributed by atoms with E-state index in [2.05, 4.69) is 112 Å². The van der Waals surface area contributed by atoms with Gasteiger partial charge in [0.15, 0.2) is 8.32 Å². The van der Waals surface area contributed by atoms with E-state index in [1.165, 1.54) is 5.57 Å². The Morgan fingerprint density at radius 2 is 1.52 bits per heavy atom. The number of sulfonamides is 1. The van der Waals surface area contributed by atoms with E-state index in [-0.39, 0.29) is 51.5 Å². The molecule has 1 aliphatic carbocycles. The van der Waals surface area contributed by atoms with E-state index in [1.807, 2.05) is 19.1 Å². The summed E-state index contributed by atoms with van der Waals surface area (Å²) >= 11 is 0. The third kappa shape index (κ3) is 10.9. The fourth-order valence-corrected chi connectivity index (χ4v) is 12.0. The van der Waals surface area contributed by atoms with Crippen LogP contribution in [-0.2, 0) is 28.4 Å². The van der Waals surface area contributed by atoms with E-state index >= 15 is 4.79 Å². The molecule has 2 heterocycles. The average Bonchev–Trinajstić information content (AvgIpc) is 3.46. The van der Waals surface area contributed by atoms with Gasteiger partial charge < -0.3 is 13.6 Å². The minimum Gasteiger partial charge on any atom is -0.547 e. The lowest BCUT2D eigenvalue weighted by atomic mass is 9.60. The van der Waals surface area contributed by atoms with Gasteiger partial charge in [-0.3, -0.25) is 4.79 Å². The summed E-state index contributed by atoms with van der Waals surface area (Å²) < 4.78 is 50.7. The minimum absolute atomic E-state index is 0.0258. The first-order chi connectivity index (χ1) is 25.7. The Bertz CT molecular complexity index is 1750. The molecular formula is C46H77NO6SSi2. The van der Waals surface area contributed by atoms with Crippen LogP contribution in [0.1, 0.15) is 133 Å². The molecule has 0 unspecified atom stereocenters. The smallest absolute Gasteiger partial charge is 0.250 e. The molecule has 1 aromatic carbocycles. The minimum atomic E-state index is -3.69. The highest BCUT2D eigenvalue weighted by Gasteiger charge is 2.49. The molecule has 0 spiro atoms. The monoisotopic (exact) mass is 828 g/mol. The number of fused-ring (bicyclic) bond motifs is 3. The molecule has 1 saturated heterocycles. The number of Topliss-reactive ketones (excluding diaryl/α,β-unsaturated/α-hetero) is 1. The summed E-state index contributed by atoms with van der Waals surface area (Å²) in [6.07, 6.45) is 11.1. The molecule has 7 nitrogen and oxygen atoms in total. The third-order valence-electron chi connectivity index (χ3n) is 14.2. The first kappa shape index (κ1) is 46.9. The number of rotatable bonds is 10. The van der Waals surface area contributed by atoms with Crippen LogP contribution in [0, 0.1) is 24.2 Å². The molecule has 0 amide bonds. The van der Waals surface area contributed by atoms with Gasteiger partial charge in [0.1, 0.15) is 5.78 Å². The van der Waals surface area contributed by atoms with Gasteiger partial charge in [-0.05, 0) is 144 Å². The van der Waals surface area contributed by atoms with Gasteiger partial charge in [0.25, 0.3) is 0 Å². The van der Waals surface area contributed by atoms with Gasteiger partial charge in [0, 0.05) is 30.7 Å². The Morgan fingerprint density at radius 1 is 0.893 bits per heavy atom. The summed E-state index contributed by atoms with van der Waals surface area (Å²) in [5.74, 6) is 1.49. The predicted octanol–water partition coefficient (Wildman–Crippen LogP) is 12.0. The van der Waals surface area contributed by atoms with Crippen LogP contribution >= 0.6 is 0 Å². The van der Waals surface area contributed by atoms with Crippen molar-refractivity contribution < 1.29 is 26.8 Å². The fourth-order valence-electron chi connectivity index (χ4n) is 8.39. The Balaban J connectivity index is 1.83. The highest BCUT2D eigenvalue weighted by molar-refractivity contribution is 7.89. The number of ether oxygens (including phenoxy) is 1. The van der Waals surface area contributed by atoms with Crippen LogP contribution < -0.4 is 4.72 Å². The zero-order valence-electron chi connectivity index (χ0n) is 37.8. The maximum atomic E-state index is 15.1. The highest BCUT2D eigenvalue weighted by Crippen LogP contribution is 2.52. The van der Waals surface area contributed by atoms with Crippen molar-refractivity contribution in [3.8, 4) is 0 Å². The van der Waals surface area contributed by atoms with Crippen molar-refractivity contribution in [3.63, 3.8) is 0 Å². The lowest BCUT2D eigenvalue weighted by Gasteiger charge is -2.46. The van der Waals surface area contributed by atoms with Crippen LogP contribution in [0.2, 0.25) is 36.3 Å². The number of ketones is 1. The quantitative estimate of drug-likeness (QED) is 0.143. The predicted molar refractivity (Wildman–Crippen MR) is 237 cm³/mol. The van der Waals surface area contributed by atoms with Crippen LogP contribution in [0.5, 0.6) is 0 Å². The van der Waals surface area contributed by atoms with E-state index in [9.17, 15) is 8.42 Å². The standard InChI is InChI=1S/C46H77NO6SSi2/c1-32-20-23-38(24-21-32)54(49,50)47-29-17-27-46-28-26-41(53-56(14,15)45(9,10)11)36(5)39(46)31-34(3)40(52-55(12,13)44(6,7)8)25-22-37-30-35(4)43(51-37)33(2)18-16-19-42(46)48/h18,20-21,23-24,31,35,37,39-40,43,47H,16-17,19,22,25-30H2,1-15H3/b33-18+,34-31+/t35-,37-,39+,40+,43+,46+/m1/s1. The molecule has 0 saturated carbocycles. The Morgan fingerprint density at radius 3 is 2.12 bits per heavy atom. The largest absolute Gasteiger partial charge is 0.547 e. The van der Waals surface area contributed by atoms with Gasteiger partial charge in [0.05, 0.1) is 29.0 Å². The van der Waals surface area contributed by atoms with Crippen molar-refractivity contribution in [1.82, 2.24) is 4.72 Å². The summed E-state index contributed by atoms with van der Waals surface area (Å²) in [5.41, 5.74) is 3.80. The topological polar surface area (TPSA) is 90.9 Å². The summed E-state index contributed by atoms with van der Waals surface area (Å²) in [5, 5.41) is 0.0597. The summed E-state index contributed by atoms with van der Waals surface area (Å²) in [6.45, 7) is 34.0. The van der Waals surface area contributed by atoms with E-state index in [4.69, 9.17) is 13.6 Å². The lowest BCUT2D eigenvalue weighted by molar-refractivity contribution is -0.132. The number of benzene rings is 1. The van der Waals surface area contributed by atoms with Crippen molar-refractivity contribution in [2.75, 3.05) is 6.54 Å². The van der Waals surface area contributed by atoms with Gasteiger partial charge in [-0.1, -0.05) is 78.3 Å². The lowest BCUT2D eigenvalue weighted by Crippen LogP contribution is -2.46. The highest BCUT2D eigenvalue weighted by atomic mass is 32.2. The Hall–Kier alpha value is -1.83. The molecule has 316 valence electrons. The summed E-state index contributed by atoms with van der Waals surface area (Å²) in [7, 11) is -8.05. The van der Waals surface area contributed by atoms with Crippen molar-refractivity contribution >= 4 is 32.4 Å². The number of hydrogen-bond acceptors (Lipinski definition) is 6. The molecule has 1 aromatic rings. The van der Waals surface area contributed by atoms with Crippen LogP contribution in [0.4, 0.5) is 0 Å². The molecule has 1 N–H and O–H groups in total. The second-order valence-electron chi connectivity index (χ2n) is 20.6. The molecule has 0 radical (unpaired) electrons. The van der Waals surface area contributed by atoms with E-state index in [0.29, 0.717) is 44.4 Å². The average molecular weight is 828 g/mol. The maximum absolute atomic E-state index is 15.1. The SMILES string of the molecule is CC1=C(O[Si](C)(C)C(C)(C)C)CC[C@]2(CCCNS(=O)(=O)c3ccc(C)cc3)C(=O)CC/C=C(\C)[C@@H]3O[C@H](CC[C@H](O[Si](C)(C)C(C)(C)C)/C(C)=C/[C@@H]12)C[C@H]3C. The van der Waals surface area contributed by atoms with Crippen molar-refractivity contribution in [2.24, 2.45) is 17.3 Å². The number of hydrogen-bond donors (Lipinski definition) is 1. The van der Waals surface area contributed by atoms with Gasteiger partial charge in [-0.15, -0.1) is 0 Å². The Kier molecular flexibility index (Phi) is 14.9. The summed E-state index contributed by atoms with van der Waals surface area (Å²) in [6, 6.07) is 6.94. The number of carbonyl (C=O) groups excluding carboxylic acids is 1. The molecule has 1 fully saturated rings. The van der Waals surface area contributed by atoms with Gasteiger partial charge in [0.2, 0.25) is 18.3 Å². The van der Waals surface area contributed by atoms with Crippen LogP contribution in [0.3, 0.4) is 0 Å².